The molecule has 198 valence electrons. The number of amides is 2. The van der Waals surface area contributed by atoms with Gasteiger partial charge in [0.2, 0.25) is 5.95 Å². The van der Waals surface area contributed by atoms with E-state index in [4.69, 9.17) is 28.2 Å². The number of benzene rings is 2. The Labute approximate surface area is 228 Å². The number of nitrogens with one attached hydrogen (secondary N) is 1. The van der Waals surface area contributed by atoms with Gasteiger partial charge in [-0.2, -0.15) is 4.98 Å². The number of hydrogen-bond donors (Lipinski definition) is 1. The van der Waals surface area contributed by atoms with Crippen molar-refractivity contribution in [1.82, 2.24) is 23.6 Å². The number of nitrogens with zero attached hydrogens (tertiary/aromatic N) is 6. The van der Waals surface area contributed by atoms with Crippen LogP contribution < -0.4 is 21.5 Å². The maximum absolute atomic E-state index is 13.2. The van der Waals surface area contributed by atoms with E-state index in [1.165, 1.54) is 11.6 Å². The summed E-state index contributed by atoms with van der Waals surface area (Å²) in [5.74, 6) is 0.586. The van der Waals surface area contributed by atoms with Crippen LogP contribution in [0.25, 0.3) is 11.2 Å². The van der Waals surface area contributed by atoms with Crippen molar-refractivity contribution in [2.24, 2.45) is 14.1 Å². The SMILES string of the molecule is Cc1ccc(Cn2c(N3CCN(C(=O)Nc4ccc(Cl)c(Cl)c4)CC3)nc3c2c(=O)n(C)c(=O)n3C)cc1. The lowest BCUT2D eigenvalue weighted by Crippen LogP contribution is -2.50. The van der Waals surface area contributed by atoms with Gasteiger partial charge in [0.25, 0.3) is 5.56 Å². The molecule has 1 aliphatic heterocycles. The minimum atomic E-state index is -0.433. The van der Waals surface area contributed by atoms with E-state index in [1.807, 2.05) is 40.7 Å². The van der Waals surface area contributed by atoms with Gasteiger partial charge in [-0.15, -0.1) is 0 Å². The number of hydrogen-bond acceptors (Lipinski definition) is 5. The molecular weight excluding hydrogens is 529 g/mol. The molecule has 1 fully saturated rings. The number of halogens is 2. The summed E-state index contributed by atoms with van der Waals surface area (Å²) >= 11 is 12.0. The first-order chi connectivity index (χ1) is 18.1. The highest BCUT2D eigenvalue weighted by molar-refractivity contribution is 6.42. The number of anilines is 2. The van der Waals surface area contributed by atoms with Gasteiger partial charge in [0.1, 0.15) is 0 Å². The number of urea groups is 1. The van der Waals surface area contributed by atoms with Gasteiger partial charge in [0.15, 0.2) is 11.2 Å². The number of aryl methyl sites for hydroxylation is 2. The molecule has 10 nitrogen and oxygen atoms in total. The average Bonchev–Trinajstić information content (AvgIpc) is 3.29. The molecule has 2 aromatic carbocycles. The van der Waals surface area contributed by atoms with Crippen LogP contribution >= 0.6 is 23.2 Å². The van der Waals surface area contributed by atoms with Crippen LogP contribution in [0.15, 0.2) is 52.1 Å². The molecule has 2 aromatic heterocycles. The molecule has 5 rings (SSSR count). The van der Waals surface area contributed by atoms with Gasteiger partial charge in [-0.25, -0.2) is 9.59 Å². The third-order valence-corrected chi connectivity index (χ3v) is 7.55. The van der Waals surface area contributed by atoms with Gasteiger partial charge in [-0.3, -0.25) is 18.5 Å². The highest BCUT2D eigenvalue weighted by Crippen LogP contribution is 2.26. The maximum Gasteiger partial charge on any atom is 0.332 e. The fourth-order valence-electron chi connectivity index (χ4n) is 4.59. The van der Waals surface area contributed by atoms with E-state index in [0.29, 0.717) is 65.6 Å². The summed E-state index contributed by atoms with van der Waals surface area (Å²) in [7, 11) is 3.08. The smallest absolute Gasteiger partial charge is 0.332 e. The number of carbonyl (C=O) groups excluding carboxylic acids is 1. The number of piperazine rings is 1. The maximum atomic E-state index is 13.2. The van der Waals surface area contributed by atoms with Crippen LogP contribution in [0.1, 0.15) is 11.1 Å². The van der Waals surface area contributed by atoms with Gasteiger partial charge in [0.05, 0.1) is 16.6 Å². The average molecular weight is 556 g/mol. The van der Waals surface area contributed by atoms with Crippen LogP contribution in [-0.2, 0) is 20.6 Å². The van der Waals surface area contributed by atoms with Crippen LogP contribution in [0.5, 0.6) is 0 Å². The van der Waals surface area contributed by atoms with Gasteiger partial charge < -0.3 is 15.1 Å². The lowest BCUT2D eigenvalue weighted by molar-refractivity contribution is 0.208. The van der Waals surface area contributed by atoms with Crippen molar-refractivity contribution < 1.29 is 4.79 Å². The molecule has 0 radical (unpaired) electrons. The molecule has 2 amide bonds. The zero-order valence-corrected chi connectivity index (χ0v) is 22.8. The Hall–Kier alpha value is -3.76. The summed E-state index contributed by atoms with van der Waals surface area (Å²) in [4.78, 5) is 47.2. The van der Waals surface area contributed by atoms with Crippen molar-refractivity contribution in [2.45, 2.75) is 13.5 Å². The normalized spacial score (nSPS) is 13.8. The van der Waals surface area contributed by atoms with Gasteiger partial charge in [-0.1, -0.05) is 53.0 Å². The second-order valence-corrected chi connectivity index (χ2v) is 10.2. The van der Waals surface area contributed by atoms with E-state index >= 15 is 0 Å². The van der Waals surface area contributed by atoms with Gasteiger partial charge in [0, 0.05) is 46.0 Å². The minimum absolute atomic E-state index is 0.243. The molecule has 0 spiro atoms. The van der Waals surface area contributed by atoms with Crippen molar-refractivity contribution in [3.63, 3.8) is 0 Å². The molecule has 12 heteroatoms. The summed E-state index contributed by atoms with van der Waals surface area (Å²) in [5, 5.41) is 3.63. The Morgan fingerprint density at radius 3 is 2.29 bits per heavy atom. The Morgan fingerprint density at radius 2 is 1.63 bits per heavy atom. The molecule has 4 aromatic rings. The number of fused-ring (bicyclic) bond motifs is 1. The first-order valence-corrected chi connectivity index (χ1v) is 12.9. The predicted molar refractivity (Wildman–Crippen MR) is 150 cm³/mol. The zero-order chi connectivity index (χ0) is 27.1. The van der Waals surface area contributed by atoms with E-state index in [-0.39, 0.29) is 6.03 Å². The van der Waals surface area contributed by atoms with Crippen LogP contribution in [0.2, 0.25) is 10.0 Å². The third kappa shape index (κ3) is 4.77. The van der Waals surface area contributed by atoms with Crippen molar-refractivity contribution in [3.8, 4) is 0 Å². The van der Waals surface area contributed by atoms with E-state index < -0.39 is 11.2 Å². The zero-order valence-electron chi connectivity index (χ0n) is 21.2. The Balaban J connectivity index is 1.43. The molecular formula is C26H27Cl2N7O3. The first kappa shape index (κ1) is 25.9. The number of imidazole rings is 1. The van der Waals surface area contributed by atoms with Crippen molar-refractivity contribution in [2.75, 3.05) is 36.4 Å². The summed E-state index contributed by atoms with van der Waals surface area (Å²) in [5.41, 5.74) is 2.57. The Morgan fingerprint density at radius 1 is 0.947 bits per heavy atom. The second kappa shape index (κ2) is 10.2. The second-order valence-electron chi connectivity index (χ2n) is 9.39. The quantitative estimate of drug-likeness (QED) is 0.416. The molecule has 38 heavy (non-hydrogen) atoms. The summed E-state index contributed by atoms with van der Waals surface area (Å²) in [6.45, 7) is 4.32. The summed E-state index contributed by atoms with van der Waals surface area (Å²) in [6, 6.07) is 12.8. The standard InChI is InChI=1S/C26H27Cl2N7O3/c1-16-4-6-17(7-5-16)15-35-21-22(31(2)26(38)32(3)23(21)36)30-24(35)33-10-12-34(13-11-33)25(37)29-18-8-9-19(27)20(28)14-18/h4-9,14H,10-13,15H2,1-3H3,(H,29,37). The monoisotopic (exact) mass is 555 g/mol. The number of carbonyl (C=O) groups is 1. The van der Waals surface area contributed by atoms with Gasteiger partial charge >= 0.3 is 11.7 Å². The largest absolute Gasteiger partial charge is 0.339 e. The predicted octanol–water partition coefficient (Wildman–Crippen LogP) is 3.45. The Bertz CT molecular complexity index is 1650. The molecule has 1 saturated heterocycles. The molecule has 0 unspecified atom stereocenters. The molecule has 0 aliphatic carbocycles. The van der Waals surface area contributed by atoms with Crippen LogP contribution in [-0.4, -0.2) is 55.8 Å². The highest BCUT2D eigenvalue weighted by Gasteiger charge is 2.27. The number of rotatable bonds is 4. The lowest BCUT2D eigenvalue weighted by atomic mass is 10.1. The van der Waals surface area contributed by atoms with Crippen molar-refractivity contribution in [1.29, 1.82) is 0 Å². The fourth-order valence-corrected chi connectivity index (χ4v) is 4.89. The first-order valence-electron chi connectivity index (χ1n) is 12.1. The molecule has 0 bridgehead atoms. The molecule has 1 N–H and O–H groups in total. The highest BCUT2D eigenvalue weighted by atomic mass is 35.5. The van der Waals surface area contributed by atoms with Crippen molar-refractivity contribution >= 4 is 52.0 Å². The van der Waals surface area contributed by atoms with E-state index in [0.717, 1.165) is 15.7 Å². The molecule has 1 aliphatic rings. The van der Waals surface area contributed by atoms with E-state index in [1.54, 1.807) is 30.1 Å². The summed E-state index contributed by atoms with van der Waals surface area (Å²) in [6.07, 6.45) is 0. The minimum Gasteiger partial charge on any atom is -0.339 e. The van der Waals surface area contributed by atoms with E-state index in [9.17, 15) is 14.4 Å². The van der Waals surface area contributed by atoms with Crippen LogP contribution in [0, 0.1) is 6.92 Å². The lowest BCUT2D eigenvalue weighted by Gasteiger charge is -2.35. The fraction of sp³-hybridized carbons (Fsp3) is 0.308. The van der Waals surface area contributed by atoms with Crippen LogP contribution in [0.3, 0.4) is 0 Å². The Kier molecular flexibility index (Phi) is 6.93. The van der Waals surface area contributed by atoms with Crippen molar-refractivity contribution in [3.05, 3.63) is 84.5 Å². The molecule has 0 atom stereocenters. The molecule has 0 saturated carbocycles. The third-order valence-electron chi connectivity index (χ3n) is 6.81. The number of aromatic nitrogens is 4. The summed E-state index contributed by atoms with van der Waals surface area (Å²) < 4.78 is 4.37. The van der Waals surface area contributed by atoms with Crippen LogP contribution in [0.4, 0.5) is 16.4 Å². The topological polar surface area (TPSA) is 97.4 Å². The van der Waals surface area contributed by atoms with Gasteiger partial charge in [-0.05, 0) is 30.7 Å². The molecule has 3 heterocycles. The van der Waals surface area contributed by atoms with E-state index in [2.05, 4.69) is 5.32 Å².